The number of rotatable bonds is 8. The van der Waals surface area contributed by atoms with E-state index in [4.69, 9.17) is 4.74 Å². The van der Waals surface area contributed by atoms with Gasteiger partial charge in [-0.15, -0.1) is 0 Å². The van der Waals surface area contributed by atoms with Gasteiger partial charge in [0, 0.05) is 58.3 Å². The first kappa shape index (κ1) is 25.7. The molecule has 0 spiro atoms. The van der Waals surface area contributed by atoms with Gasteiger partial charge in [0.1, 0.15) is 5.69 Å². The maximum Gasteiger partial charge on any atom is 0.387 e. The number of carbonyl (C=O) groups is 2. The summed E-state index contributed by atoms with van der Waals surface area (Å²) in [4.78, 5) is 40.6. The van der Waals surface area contributed by atoms with E-state index in [0.29, 0.717) is 37.4 Å². The van der Waals surface area contributed by atoms with Crippen LogP contribution >= 0.6 is 0 Å². The third-order valence-corrected chi connectivity index (χ3v) is 5.70. The Morgan fingerprint density at radius 2 is 1.80 bits per heavy atom. The molecule has 10 nitrogen and oxygen atoms in total. The molecule has 2 aromatic rings. The molecule has 188 valence electrons. The number of nitrogens with zero attached hydrogens (tertiary/aromatic N) is 4. The number of methoxy groups -OCH3 is 1. The van der Waals surface area contributed by atoms with E-state index in [1.165, 1.54) is 56.3 Å². The van der Waals surface area contributed by atoms with Crippen molar-refractivity contribution in [3.05, 3.63) is 57.6 Å². The summed E-state index contributed by atoms with van der Waals surface area (Å²) < 4.78 is 34.5. The van der Waals surface area contributed by atoms with E-state index < -0.39 is 17.4 Å². The van der Waals surface area contributed by atoms with Crippen LogP contribution in [-0.4, -0.2) is 73.5 Å². The second-order valence-corrected chi connectivity index (χ2v) is 7.98. The average Bonchev–Trinajstić information content (AvgIpc) is 2.83. The fourth-order valence-corrected chi connectivity index (χ4v) is 3.90. The second kappa shape index (κ2) is 11.0. The number of anilines is 1. The van der Waals surface area contributed by atoms with Crippen LogP contribution in [0.1, 0.15) is 22.8 Å². The fourth-order valence-electron chi connectivity index (χ4n) is 3.90. The summed E-state index contributed by atoms with van der Waals surface area (Å²) in [6, 6.07) is 8.64. The van der Waals surface area contributed by atoms with Gasteiger partial charge in [0.25, 0.3) is 11.6 Å². The molecule has 1 aliphatic heterocycles. The molecule has 0 aliphatic carbocycles. The first-order valence-corrected chi connectivity index (χ1v) is 10.8. The SMILES string of the molecule is COc1cc(CN(C)C(=O)c2ccc(N3CCN(C(C)=O)CC3)c([N+](=O)[O-])c2)ccc1OC(F)F. The number of piperazine rings is 1. The zero-order valence-corrected chi connectivity index (χ0v) is 19.6. The quantitative estimate of drug-likeness (QED) is 0.412. The van der Waals surface area contributed by atoms with Crippen molar-refractivity contribution in [3.8, 4) is 11.5 Å². The molecule has 1 saturated heterocycles. The topological polar surface area (TPSA) is 105 Å². The van der Waals surface area contributed by atoms with Gasteiger partial charge in [-0.1, -0.05) is 6.07 Å². The summed E-state index contributed by atoms with van der Waals surface area (Å²) in [6.07, 6.45) is 0. The van der Waals surface area contributed by atoms with Crippen LogP contribution in [0.2, 0.25) is 0 Å². The number of nitro groups is 1. The van der Waals surface area contributed by atoms with E-state index >= 15 is 0 Å². The predicted molar refractivity (Wildman–Crippen MR) is 123 cm³/mol. The molecule has 0 aromatic heterocycles. The Morgan fingerprint density at radius 3 is 2.37 bits per heavy atom. The minimum atomic E-state index is -3.00. The zero-order valence-electron chi connectivity index (χ0n) is 19.6. The number of ether oxygens (including phenoxy) is 2. The van der Waals surface area contributed by atoms with Gasteiger partial charge in [-0.25, -0.2) is 0 Å². The van der Waals surface area contributed by atoms with Crippen molar-refractivity contribution in [3.63, 3.8) is 0 Å². The van der Waals surface area contributed by atoms with Gasteiger partial charge in [-0.3, -0.25) is 19.7 Å². The van der Waals surface area contributed by atoms with E-state index in [-0.39, 0.29) is 35.2 Å². The minimum Gasteiger partial charge on any atom is -0.493 e. The molecule has 3 rings (SSSR count). The lowest BCUT2D eigenvalue weighted by molar-refractivity contribution is -0.384. The van der Waals surface area contributed by atoms with Gasteiger partial charge in [-0.05, 0) is 29.8 Å². The molecule has 2 aromatic carbocycles. The van der Waals surface area contributed by atoms with Crippen molar-refractivity contribution in [2.24, 2.45) is 0 Å². The number of alkyl halides is 2. The molecule has 0 atom stereocenters. The van der Waals surface area contributed by atoms with Crippen molar-refractivity contribution < 1.29 is 32.8 Å². The second-order valence-electron chi connectivity index (χ2n) is 7.98. The van der Waals surface area contributed by atoms with Gasteiger partial charge in [0.15, 0.2) is 11.5 Å². The normalized spacial score (nSPS) is 13.5. The van der Waals surface area contributed by atoms with Crippen LogP contribution in [0.5, 0.6) is 11.5 Å². The lowest BCUT2D eigenvalue weighted by Crippen LogP contribution is -2.48. The summed E-state index contributed by atoms with van der Waals surface area (Å²) in [5.74, 6) is -0.533. The first-order chi connectivity index (χ1) is 16.6. The van der Waals surface area contributed by atoms with Crippen molar-refractivity contribution >= 4 is 23.2 Å². The predicted octanol–water partition coefficient (Wildman–Crippen LogP) is 3.15. The molecular weight excluding hydrogens is 466 g/mol. The first-order valence-electron chi connectivity index (χ1n) is 10.8. The van der Waals surface area contributed by atoms with Crippen LogP contribution < -0.4 is 14.4 Å². The summed E-state index contributed by atoms with van der Waals surface area (Å²) in [5, 5.41) is 11.8. The van der Waals surface area contributed by atoms with Crippen LogP contribution in [0.15, 0.2) is 36.4 Å². The smallest absolute Gasteiger partial charge is 0.387 e. The highest BCUT2D eigenvalue weighted by Crippen LogP contribution is 2.32. The highest BCUT2D eigenvalue weighted by Gasteiger charge is 2.26. The molecule has 12 heteroatoms. The van der Waals surface area contributed by atoms with E-state index in [2.05, 4.69) is 4.74 Å². The van der Waals surface area contributed by atoms with Crippen molar-refractivity contribution in [1.82, 2.24) is 9.80 Å². The third kappa shape index (κ3) is 6.14. The maximum atomic E-state index is 13.0. The number of benzene rings is 2. The highest BCUT2D eigenvalue weighted by atomic mass is 19.3. The Morgan fingerprint density at radius 1 is 1.11 bits per heavy atom. The van der Waals surface area contributed by atoms with Crippen molar-refractivity contribution in [2.75, 3.05) is 45.2 Å². The molecular formula is C23H26F2N4O6. The van der Waals surface area contributed by atoms with Gasteiger partial charge in [0.2, 0.25) is 5.91 Å². The number of hydrogen-bond donors (Lipinski definition) is 0. The Hall–Kier alpha value is -3.96. The number of carbonyl (C=O) groups excluding carboxylic acids is 2. The minimum absolute atomic E-state index is 0.0445. The molecule has 0 radical (unpaired) electrons. The van der Waals surface area contributed by atoms with Crippen molar-refractivity contribution in [2.45, 2.75) is 20.1 Å². The van der Waals surface area contributed by atoms with E-state index in [1.54, 1.807) is 11.0 Å². The monoisotopic (exact) mass is 492 g/mol. The average molecular weight is 492 g/mol. The molecule has 0 bridgehead atoms. The van der Waals surface area contributed by atoms with Gasteiger partial charge in [0.05, 0.1) is 12.0 Å². The molecule has 1 fully saturated rings. The lowest BCUT2D eigenvalue weighted by atomic mass is 10.1. The van der Waals surface area contributed by atoms with E-state index in [9.17, 15) is 28.5 Å². The molecule has 0 N–H and O–H groups in total. The Bertz CT molecular complexity index is 1110. The summed E-state index contributed by atoms with van der Waals surface area (Å²) in [6.45, 7) is 0.391. The Labute approximate surface area is 200 Å². The molecule has 1 heterocycles. The van der Waals surface area contributed by atoms with Crippen LogP contribution in [-0.2, 0) is 11.3 Å². The van der Waals surface area contributed by atoms with Gasteiger partial charge < -0.3 is 24.2 Å². The Kier molecular flexibility index (Phi) is 8.05. The van der Waals surface area contributed by atoms with Crippen LogP contribution in [0, 0.1) is 10.1 Å². The van der Waals surface area contributed by atoms with Crippen molar-refractivity contribution in [1.29, 1.82) is 0 Å². The standard InChI is InChI=1S/C23H26F2N4O6/c1-15(30)27-8-10-28(11-9-27)18-6-5-17(13-19(18)29(32)33)22(31)26(2)14-16-4-7-20(35-23(24)25)21(12-16)34-3/h4-7,12-13,23H,8-11,14H2,1-3H3. The van der Waals surface area contributed by atoms with E-state index in [0.717, 1.165) is 0 Å². The van der Waals surface area contributed by atoms with Gasteiger partial charge in [-0.2, -0.15) is 8.78 Å². The lowest BCUT2D eigenvalue weighted by Gasteiger charge is -2.35. The fraction of sp³-hybridized carbons (Fsp3) is 0.391. The molecule has 35 heavy (non-hydrogen) atoms. The molecule has 2 amide bonds. The molecule has 1 aliphatic rings. The van der Waals surface area contributed by atoms with Crippen LogP contribution in [0.3, 0.4) is 0 Å². The summed E-state index contributed by atoms with van der Waals surface area (Å²) >= 11 is 0. The maximum absolute atomic E-state index is 13.0. The number of nitro benzene ring substituents is 1. The summed E-state index contributed by atoms with van der Waals surface area (Å²) in [7, 11) is 2.84. The van der Waals surface area contributed by atoms with Crippen LogP contribution in [0.4, 0.5) is 20.2 Å². The molecule has 0 saturated carbocycles. The van der Waals surface area contributed by atoms with Gasteiger partial charge >= 0.3 is 6.61 Å². The Balaban J connectivity index is 1.76. The number of halogens is 2. The largest absolute Gasteiger partial charge is 0.493 e. The highest BCUT2D eigenvalue weighted by molar-refractivity contribution is 5.95. The zero-order chi connectivity index (χ0) is 25.7. The number of amides is 2. The summed E-state index contributed by atoms with van der Waals surface area (Å²) in [5.41, 5.74) is 0.913. The van der Waals surface area contributed by atoms with Crippen LogP contribution in [0.25, 0.3) is 0 Å². The molecule has 0 unspecified atom stereocenters. The number of hydrogen-bond acceptors (Lipinski definition) is 7. The van der Waals surface area contributed by atoms with E-state index in [1.807, 2.05) is 4.90 Å². The third-order valence-electron chi connectivity index (χ3n) is 5.70.